The summed E-state index contributed by atoms with van der Waals surface area (Å²) in [4.78, 5) is 20.0. The average molecular weight is 449 g/mol. The van der Waals surface area contributed by atoms with E-state index in [0.717, 1.165) is 21.3 Å². The van der Waals surface area contributed by atoms with Gasteiger partial charge in [0.1, 0.15) is 0 Å². The summed E-state index contributed by atoms with van der Waals surface area (Å²) in [5.41, 5.74) is 6.87. The molecule has 0 aliphatic heterocycles. The molecule has 0 radical (unpaired) electrons. The summed E-state index contributed by atoms with van der Waals surface area (Å²) in [7, 11) is 4.00. The first kappa shape index (κ1) is 19.2. The van der Waals surface area contributed by atoms with E-state index < -0.39 is 0 Å². The van der Waals surface area contributed by atoms with Crippen LogP contribution < -0.4 is 15.9 Å². The maximum absolute atomic E-state index is 13.2. The second-order valence-electron chi connectivity index (χ2n) is 7.00. The fourth-order valence-corrected chi connectivity index (χ4v) is 3.42. The number of hydrogen-bond acceptors (Lipinski definition) is 4. The van der Waals surface area contributed by atoms with Crippen LogP contribution in [0.15, 0.2) is 82.1 Å². The van der Waals surface area contributed by atoms with E-state index in [2.05, 4.69) is 21.4 Å². The molecule has 1 N–H and O–H groups in total. The molecule has 6 heteroatoms. The number of aromatic nitrogens is 2. The predicted octanol–water partition coefficient (Wildman–Crippen LogP) is 4.64. The van der Waals surface area contributed by atoms with Gasteiger partial charge in [-0.05, 0) is 54.1 Å². The van der Waals surface area contributed by atoms with Crippen LogP contribution >= 0.6 is 15.9 Å². The van der Waals surface area contributed by atoms with Gasteiger partial charge in [0.05, 0.1) is 17.4 Å². The number of para-hydroxylation sites is 1. The van der Waals surface area contributed by atoms with Crippen LogP contribution in [0.1, 0.15) is 5.56 Å². The first-order valence-electron chi connectivity index (χ1n) is 9.31. The van der Waals surface area contributed by atoms with Crippen molar-refractivity contribution in [2.45, 2.75) is 6.54 Å². The minimum absolute atomic E-state index is 0.112. The van der Waals surface area contributed by atoms with Crippen LogP contribution in [-0.4, -0.2) is 23.8 Å². The number of nitrogens with zero attached hydrogens (tertiary/aromatic N) is 3. The Labute approximate surface area is 177 Å². The van der Waals surface area contributed by atoms with Crippen LogP contribution in [0.25, 0.3) is 22.3 Å². The molecule has 1 aromatic heterocycles. The molecule has 4 rings (SSSR count). The molecule has 0 bridgehead atoms. The van der Waals surface area contributed by atoms with Gasteiger partial charge >= 0.3 is 0 Å². The van der Waals surface area contributed by atoms with Gasteiger partial charge in [-0.3, -0.25) is 4.79 Å². The summed E-state index contributed by atoms with van der Waals surface area (Å²) in [6.45, 7) is 0.510. The van der Waals surface area contributed by atoms with E-state index in [1.54, 1.807) is 10.7 Å². The van der Waals surface area contributed by atoms with Gasteiger partial charge in [-0.25, -0.2) is 9.66 Å². The number of fused-ring (bicyclic) bond motifs is 1. The van der Waals surface area contributed by atoms with Crippen molar-refractivity contribution in [3.63, 3.8) is 0 Å². The zero-order valence-corrected chi connectivity index (χ0v) is 17.8. The van der Waals surface area contributed by atoms with E-state index in [-0.39, 0.29) is 5.56 Å². The molecule has 0 saturated carbocycles. The maximum Gasteiger partial charge on any atom is 0.280 e. The lowest BCUT2D eigenvalue weighted by atomic mass is 10.1. The van der Waals surface area contributed by atoms with Crippen LogP contribution in [0.2, 0.25) is 0 Å². The molecule has 0 fully saturated rings. The second kappa shape index (κ2) is 8.09. The van der Waals surface area contributed by atoms with Crippen LogP contribution in [-0.2, 0) is 6.54 Å². The van der Waals surface area contributed by atoms with Gasteiger partial charge in [0, 0.05) is 29.8 Å². The Morgan fingerprint density at radius 3 is 2.34 bits per heavy atom. The lowest BCUT2D eigenvalue weighted by molar-refractivity contribution is 0.801. The Bertz CT molecular complexity index is 1200. The van der Waals surface area contributed by atoms with Gasteiger partial charge in [0.2, 0.25) is 0 Å². The van der Waals surface area contributed by atoms with E-state index in [0.29, 0.717) is 23.3 Å². The molecule has 0 saturated heterocycles. The van der Waals surface area contributed by atoms with E-state index >= 15 is 0 Å². The quantitative estimate of drug-likeness (QED) is 0.483. The summed E-state index contributed by atoms with van der Waals surface area (Å²) in [6.07, 6.45) is 0. The number of hydrogen-bond donors (Lipinski definition) is 1. The minimum atomic E-state index is -0.112. The molecule has 4 aromatic rings. The monoisotopic (exact) mass is 448 g/mol. The molecule has 0 aliphatic rings. The van der Waals surface area contributed by atoms with Crippen molar-refractivity contribution < 1.29 is 0 Å². The normalized spacial score (nSPS) is 10.9. The highest BCUT2D eigenvalue weighted by Gasteiger charge is 2.13. The molecular weight excluding hydrogens is 428 g/mol. The van der Waals surface area contributed by atoms with E-state index in [9.17, 15) is 4.79 Å². The van der Waals surface area contributed by atoms with Gasteiger partial charge in [0.25, 0.3) is 5.56 Å². The molecule has 0 atom stereocenters. The largest absolute Gasteiger partial charge is 0.378 e. The Kier molecular flexibility index (Phi) is 5.36. The van der Waals surface area contributed by atoms with Crippen molar-refractivity contribution in [2.24, 2.45) is 0 Å². The van der Waals surface area contributed by atoms with Gasteiger partial charge in [-0.15, -0.1) is 0 Å². The molecule has 0 aliphatic carbocycles. The molecule has 0 spiro atoms. The third-order valence-corrected chi connectivity index (χ3v) is 5.30. The molecule has 3 aromatic carbocycles. The van der Waals surface area contributed by atoms with Gasteiger partial charge < -0.3 is 10.3 Å². The van der Waals surface area contributed by atoms with Crippen molar-refractivity contribution in [3.05, 3.63) is 93.2 Å². The smallest absolute Gasteiger partial charge is 0.280 e. The first-order chi connectivity index (χ1) is 14.0. The van der Waals surface area contributed by atoms with Gasteiger partial charge in [-0.2, -0.15) is 0 Å². The Hall–Kier alpha value is -3.12. The van der Waals surface area contributed by atoms with E-state index in [1.165, 1.54) is 0 Å². The lowest BCUT2D eigenvalue weighted by Gasteiger charge is -2.17. The standard InChI is InChI=1S/C23H21BrN4O/c1-27(2)19-13-9-17(10-14-19)22-26-21-6-4-3-5-20(21)23(29)28(22)25-15-16-7-11-18(24)12-8-16/h3-14,25H,15H2,1-2H3. The summed E-state index contributed by atoms with van der Waals surface area (Å²) >= 11 is 3.45. The average Bonchev–Trinajstić information content (AvgIpc) is 2.74. The summed E-state index contributed by atoms with van der Waals surface area (Å²) < 4.78 is 2.57. The predicted molar refractivity (Wildman–Crippen MR) is 123 cm³/mol. The highest BCUT2D eigenvalue weighted by Crippen LogP contribution is 2.22. The molecule has 0 unspecified atom stereocenters. The van der Waals surface area contributed by atoms with Crippen molar-refractivity contribution >= 4 is 32.5 Å². The Morgan fingerprint density at radius 1 is 0.966 bits per heavy atom. The maximum atomic E-state index is 13.2. The zero-order valence-electron chi connectivity index (χ0n) is 16.3. The first-order valence-corrected chi connectivity index (χ1v) is 10.1. The number of benzene rings is 3. The highest BCUT2D eigenvalue weighted by molar-refractivity contribution is 9.10. The fraction of sp³-hybridized carbons (Fsp3) is 0.130. The minimum Gasteiger partial charge on any atom is -0.378 e. The number of nitrogens with one attached hydrogen (secondary N) is 1. The van der Waals surface area contributed by atoms with Crippen LogP contribution in [0, 0.1) is 0 Å². The van der Waals surface area contributed by atoms with Crippen LogP contribution in [0.3, 0.4) is 0 Å². The van der Waals surface area contributed by atoms with Crippen LogP contribution in [0.5, 0.6) is 0 Å². The summed E-state index contributed by atoms with van der Waals surface area (Å²) in [5, 5.41) is 0.587. The van der Waals surface area contributed by atoms with Crippen molar-refractivity contribution in [2.75, 3.05) is 24.4 Å². The number of anilines is 1. The fourth-order valence-electron chi connectivity index (χ4n) is 3.15. The molecule has 0 amide bonds. The van der Waals surface area contributed by atoms with E-state index in [1.807, 2.05) is 85.7 Å². The summed E-state index contributed by atoms with van der Waals surface area (Å²) in [6, 6.07) is 23.5. The van der Waals surface area contributed by atoms with Crippen molar-refractivity contribution in [1.82, 2.24) is 9.66 Å². The Balaban J connectivity index is 1.79. The lowest BCUT2D eigenvalue weighted by Crippen LogP contribution is -2.31. The number of rotatable bonds is 5. The third kappa shape index (κ3) is 4.03. The van der Waals surface area contributed by atoms with Gasteiger partial charge in [-0.1, -0.05) is 40.2 Å². The van der Waals surface area contributed by atoms with Crippen molar-refractivity contribution in [1.29, 1.82) is 0 Å². The zero-order chi connectivity index (χ0) is 20.4. The molecule has 146 valence electrons. The molecular formula is C23H21BrN4O. The number of halogens is 1. The SMILES string of the molecule is CN(C)c1ccc(-c2nc3ccccc3c(=O)n2NCc2ccc(Br)cc2)cc1. The second-order valence-corrected chi connectivity index (χ2v) is 7.91. The van der Waals surface area contributed by atoms with Gasteiger partial charge in [0.15, 0.2) is 5.82 Å². The van der Waals surface area contributed by atoms with Crippen molar-refractivity contribution in [3.8, 4) is 11.4 Å². The Morgan fingerprint density at radius 2 is 1.66 bits per heavy atom. The topological polar surface area (TPSA) is 50.2 Å². The third-order valence-electron chi connectivity index (χ3n) is 4.77. The molecule has 5 nitrogen and oxygen atoms in total. The highest BCUT2D eigenvalue weighted by atomic mass is 79.9. The molecule has 1 heterocycles. The summed E-state index contributed by atoms with van der Waals surface area (Å²) in [5.74, 6) is 0.594. The molecule has 29 heavy (non-hydrogen) atoms. The van der Waals surface area contributed by atoms with Crippen LogP contribution in [0.4, 0.5) is 5.69 Å². The van der Waals surface area contributed by atoms with E-state index in [4.69, 9.17) is 4.98 Å².